The molecule has 0 spiro atoms. The minimum Gasteiger partial charge on any atom is -0.344 e. The molecule has 0 aromatic carbocycles. The van der Waals surface area contributed by atoms with Gasteiger partial charge in [-0.25, -0.2) is 9.71 Å². The van der Waals surface area contributed by atoms with Gasteiger partial charge in [-0.15, -0.1) is 11.3 Å². The molecule has 2 saturated heterocycles. The molecule has 8 heteroatoms. The van der Waals surface area contributed by atoms with E-state index in [0.29, 0.717) is 19.6 Å². The summed E-state index contributed by atoms with van der Waals surface area (Å²) in [4.78, 5) is 6.55. The first-order valence-corrected chi connectivity index (χ1v) is 9.40. The standard InChI is InChI=1S/C12H20N4O2S2/c17-20(18,15-6-1-2-7-15)14-10-11-4-3-8-16(11)12-13-5-9-19-12/h5,9,11,14H,1-4,6-8,10H2. The topological polar surface area (TPSA) is 65.5 Å². The lowest BCUT2D eigenvalue weighted by Crippen LogP contribution is -2.45. The number of nitrogens with zero attached hydrogens (tertiary/aromatic N) is 3. The monoisotopic (exact) mass is 316 g/mol. The second-order valence-corrected chi connectivity index (χ2v) is 7.89. The van der Waals surface area contributed by atoms with E-state index in [4.69, 9.17) is 0 Å². The minimum absolute atomic E-state index is 0.221. The first-order chi connectivity index (χ1) is 9.67. The molecule has 3 heterocycles. The quantitative estimate of drug-likeness (QED) is 0.881. The van der Waals surface area contributed by atoms with Crippen LogP contribution in [0.25, 0.3) is 0 Å². The first kappa shape index (κ1) is 14.2. The van der Waals surface area contributed by atoms with Gasteiger partial charge in [0.2, 0.25) is 0 Å². The summed E-state index contributed by atoms with van der Waals surface area (Å²) in [5.41, 5.74) is 0. The Morgan fingerprint density at radius 3 is 2.80 bits per heavy atom. The first-order valence-electron chi connectivity index (χ1n) is 7.08. The summed E-state index contributed by atoms with van der Waals surface area (Å²) < 4.78 is 28.7. The average molecular weight is 316 g/mol. The summed E-state index contributed by atoms with van der Waals surface area (Å²) >= 11 is 1.61. The third kappa shape index (κ3) is 2.98. The van der Waals surface area contributed by atoms with Crippen molar-refractivity contribution in [1.29, 1.82) is 0 Å². The molecule has 2 aliphatic rings. The van der Waals surface area contributed by atoms with Crippen molar-refractivity contribution in [2.45, 2.75) is 31.7 Å². The van der Waals surface area contributed by atoms with E-state index in [1.807, 2.05) is 5.38 Å². The Kier molecular flexibility index (Phi) is 4.25. The summed E-state index contributed by atoms with van der Waals surface area (Å²) in [5.74, 6) is 0. The lowest BCUT2D eigenvalue weighted by atomic mass is 10.2. The van der Waals surface area contributed by atoms with Gasteiger partial charge in [-0.1, -0.05) is 0 Å². The molecule has 0 aliphatic carbocycles. The van der Waals surface area contributed by atoms with Gasteiger partial charge in [0, 0.05) is 43.8 Å². The fourth-order valence-electron chi connectivity index (χ4n) is 2.88. The fourth-order valence-corrected chi connectivity index (χ4v) is 4.94. The number of rotatable bonds is 5. The van der Waals surface area contributed by atoms with Gasteiger partial charge in [0.25, 0.3) is 10.2 Å². The zero-order valence-electron chi connectivity index (χ0n) is 11.4. The summed E-state index contributed by atoms with van der Waals surface area (Å²) in [5, 5.41) is 2.95. The van der Waals surface area contributed by atoms with E-state index in [2.05, 4.69) is 14.6 Å². The van der Waals surface area contributed by atoms with Gasteiger partial charge >= 0.3 is 0 Å². The van der Waals surface area contributed by atoms with Gasteiger partial charge in [0.05, 0.1) is 0 Å². The van der Waals surface area contributed by atoms with Gasteiger partial charge in [0.1, 0.15) is 0 Å². The maximum absolute atomic E-state index is 12.2. The Labute approximate surface area is 124 Å². The van der Waals surface area contributed by atoms with E-state index in [0.717, 1.165) is 37.4 Å². The normalized spacial score (nSPS) is 24.6. The molecule has 1 aromatic rings. The Morgan fingerprint density at radius 1 is 1.30 bits per heavy atom. The van der Waals surface area contributed by atoms with Crippen LogP contribution in [0.4, 0.5) is 5.13 Å². The highest BCUT2D eigenvalue weighted by molar-refractivity contribution is 7.87. The van der Waals surface area contributed by atoms with E-state index in [9.17, 15) is 8.42 Å². The lowest BCUT2D eigenvalue weighted by Gasteiger charge is -2.25. The van der Waals surface area contributed by atoms with Crippen molar-refractivity contribution in [1.82, 2.24) is 14.0 Å². The molecule has 20 heavy (non-hydrogen) atoms. The van der Waals surface area contributed by atoms with Crippen LogP contribution in [0.1, 0.15) is 25.7 Å². The van der Waals surface area contributed by atoms with Crippen LogP contribution < -0.4 is 9.62 Å². The van der Waals surface area contributed by atoms with E-state index in [1.54, 1.807) is 21.8 Å². The third-order valence-electron chi connectivity index (χ3n) is 3.95. The molecule has 6 nitrogen and oxygen atoms in total. The highest BCUT2D eigenvalue weighted by atomic mass is 32.2. The molecular weight excluding hydrogens is 296 g/mol. The predicted molar refractivity (Wildman–Crippen MR) is 80.2 cm³/mol. The number of thiazole rings is 1. The highest BCUT2D eigenvalue weighted by Crippen LogP contribution is 2.27. The maximum atomic E-state index is 12.2. The van der Waals surface area contributed by atoms with Crippen LogP contribution in [0.2, 0.25) is 0 Å². The summed E-state index contributed by atoms with van der Waals surface area (Å²) in [7, 11) is -3.30. The molecule has 2 fully saturated rings. The smallest absolute Gasteiger partial charge is 0.279 e. The average Bonchev–Trinajstić information content (AvgIpc) is 3.16. The van der Waals surface area contributed by atoms with Gasteiger partial charge in [-0.05, 0) is 25.7 Å². The van der Waals surface area contributed by atoms with Crippen molar-refractivity contribution in [3.63, 3.8) is 0 Å². The molecule has 2 aliphatic heterocycles. The Morgan fingerprint density at radius 2 is 2.10 bits per heavy atom. The Balaban J connectivity index is 1.60. The second-order valence-electron chi connectivity index (χ2n) is 5.26. The largest absolute Gasteiger partial charge is 0.344 e. The zero-order valence-corrected chi connectivity index (χ0v) is 13.0. The molecule has 112 valence electrons. The van der Waals surface area contributed by atoms with Crippen molar-refractivity contribution < 1.29 is 8.42 Å². The predicted octanol–water partition coefficient (Wildman–Crippen LogP) is 1.04. The van der Waals surface area contributed by atoms with Crippen molar-refractivity contribution in [2.75, 3.05) is 31.1 Å². The van der Waals surface area contributed by atoms with Crippen LogP contribution >= 0.6 is 11.3 Å². The Hall–Kier alpha value is -0.700. The molecule has 1 unspecified atom stereocenters. The number of aromatic nitrogens is 1. The van der Waals surface area contributed by atoms with Crippen molar-refractivity contribution in [3.8, 4) is 0 Å². The SMILES string of the molecule is O=S(=O)(NCC1CCCN1c1nccs1)N1CCCC1. The van der Waals surface area contributed by atoms with Gasteiger partial charge < -0.3 is 4.90 Å². The van der Waals surface area contributed by atoms with E-state index in [1.165, 1.54) is 0 Å². The summed E-state index contributed by atoms with van der Waals surface area (Å²) in [6.45, 7) is 2.73. The van der Waals surface area contributed by atoms with Crippen LogP contribution in [0, 0.1) is 0 Å². The number of anilines is 1. The summed E-state index contributed by atoms with van der Waals surface area (Å²) in [6, 6.07) is 0.221. The van der Waals surface area contributed by atoms with Gasteiger partial charge in [-0.2, -0.15) is 12.7 Å². The molecule has 0 bridgehead atoms. The maximum Gasteiger partial charge on any atom is 0.279 e. The number of nitrogens with one attached hydrogen (secondary N) is 1. The van der Waals surface area contributed by atoms with Gasteiger partial charge in [-0.3, -0.25) is 0 Å². The molecule has 0 radical (unpaired) electrons. The molecular formula is C12H20N4O2S2. The zero-order chi connectivity index (χ0) is 14.0. The van der Waals surface area contributed by atoms with Crippen LogP contribution in [0.3, 0.4) is 0 Å². The van der Waals surface area contributed by atoms with Crippen LogP contribution in [0.15, 0.2) is 11.6 Å². The van der Waals surface area contributed by atoms with E-state index >= 15 is 0 Å². The molecule has 1 aromatic heterocycles. The Bertz CT molecular complexity index is 526. The van der Waals surface area contributed by atoms with Crippen molar-refractivity contribution in [3.05, 3.63) is 11.6 Å². The minimum atomic E-state index is -3.30. The van der Waals surface area contributed by atoms with Crippen LogP contribution in [-0.4, -0.2) is 49.9 Å². The third-order valence-corrected chi connectivity index (χ3v) is 6.33. The number of hydrogen-bond donors (Lipinski definition) is 1. The molecule has 1 N–H and O–H groups in total. The van der Waals surface area contributed by atoms with E-state index < -0.39 is 10.2 Å². The van der Waals surface area contributed by atoms with Gasteiger partial charge in [0.15, 0.2) is 5.13 Å². The summed E-state index contributed by atoms with van der Waals surface area (Å²) in [6.07, 6.45) is 5.84. The van der Waals surface area contributed by atoms with Crippen molar-refractivity contribution in [2.24, 2.45) is 0 Å². The lowest BCUT2D eigenvalue weighted by molar-refractivity contribution is 0.461. The molecule has 0 saturated carbocycles. The van der Waals surface area contributed by atoms with Crippen LogP contribution in [-0.2, 0) is 10.2 Å². The molecule has 0 amide bonds. The highest BCUT2D eigenvalue weighted by Gasteiger charge is 2.30. The second kappa shape index (κ2) is 5.97. The van der Waals surface area contributed by atoms with Crippen molar-refractivity contribution >= 4 is 26.7 Å². The molecule has 1 atom stereocenters. The molecule has 3 rings (SSSR count). The fraction of sp³-hybridized carbons (Fsp3) is 0.750. The number of hydrogen-bond acceptors (Lipinski definition) is 5. The van der Waals surface area contributed by atoms with E-state index in [-0.39, 0.29) is 6.04 Å². The van der Waals surface area contributed by atoms with Crippen LogP contribution in [0.5, 0.6) is 0 Å².